The first kappa shape index (κ1) is 25.7. The first-order chi connectivity index (χ1) is 16.5. The number of thiazole rings is 1. The number of rotatable bonds is 10. The lowest BCUT2D eigenvalue weighted by molar-refractivity contribution is -0.118. The third kappa shape index (κ3) is 5.95. The molecular weight excluding hydrogens is 499 g/mol. The molecule has 0 saturated heterocycles. The largest absolute Gasteiger partial charge is 0.435 e. The fourth-order valence-electron chi connectivity index (χ4n) is 2.96. The first-order valence-corrected chi connectivity index (χ1v) is 10.5. The van der Waals surface area contributed by atoms with E-state index in [0.29, 0.717) is 0 Å². The van der Waals surface area contributed by atoms with Crippen LogP contribution in [0, 0.1) is 5.82 Å². The zero-order chi connectivity index (χ0) is 25.9. The Morgan fingerprint density at radius 3 is 2.20 bits per heavy atom. The van der Waals surface area contributed by atoms with Crippen molar-refractivity contribution in [3.63, 3.8) is 0 Å². The van der Waals surface area contributed by atoms with Crippen molar-refractivity contribution in [1.82, 2.24) is 4.98 Å². The maximum atomic E-state index is 14.3. The average molecular weight is 516 g/mol. The van der Waals surface area contributed by atoms with Crippen molar-refractivity contribution < 1.29 is 41.0 Å². The van der Waals surface area contributed by atoms with Gasteiger partial charge in [-0.2, -0.15) is 17.6 Å². The highest BCUT2D eigenvalue weighted by Crippen LogP contribution is 2.37. The maximum absolute atomic E-state index is 14.3. The number of carbonyl (C=O) groups is 2. The molecule has 0 bridgehead atoms. The highest BCUT2D eigenvalue weighted by molar-refractivity contribution is 7.18. The number of primary amides is 1. The summed E-state index contributed by atoms with van der Waals surface area (Å²) in [5.41, 5.74) is 11.4. The highest BCUT2D eigenvalue weighted by atomic mass is 32.1. The lowest BCUT2D eigenvalue weighted by atomic mass is 10.1. The number of carbonyl (C=O) groups excluding carboxylic acids is 2. The summed E-state index contributed by atoms with van der Waals surface area (Å²) >= 11 is 0.754. The third-order valence-corrected chi connectivity index (χ3v) is 5.67. The molecular formula is C21H17F5N4O4S. The van der Waals surface area contributed by atoms with Gasteiger partial charge < -0.3 is 25.8 Å². The molecule has 1 heterocycles. The number of halogens is 5. The minimum Gasteiger partial charge on any atom is -0.435 e. The molecule has 8 nitrogen and oxygen atoms in total. The van der Waals surface area contributed by atoms with Gasteiger partial charge in [0.25, 0.3) is 0 Å². The number of alkyl halides is 4. The van der Waals surface area contributed by atoms with E-state index in [2.05, 4.69) is 14.5 Å². The van der Waals surface area contributed by atoms with Crippen molar-refractivity contribution in [2.24, 2.45) is 5.73 Å². The van der Waals surface area contributed by atoms with E-state index in [1.807, 2.05) is 0 Å². The van der Waals surface area contributed by atoms with Crippen molar-refractivity contribution >= 4 is 39.7 Å². The summed E-state index contributed by atoms with van der Waals surface area (Å²) in [4.78, 5) is 30.1. The van der Waals surface area contributed by atoms with E-state index in [-0.39, 0.29) is 32.8 Å². The van der Waals surface area contributed by atoms with Gasteiger partial charge in [0.1, 0.15) is 22.5 Å². The lowest BCUT2D eigenvalue weighted by Crippen LogP contribution is -2.40. The van der Waals surface area contributed by atoms with Crippen molar-refractivity contribution in [3.8, 4) is 11.5 Å². The molecule has 0 fully saturated rings. The lowest BCUT2D eigenvalue weighted by Gasteiger charge is -2.27. The van der Waals surface area contributed by atoms with Gasteiger partial charge >= 0.3 is 13.2 Å². The molecule has 186 valence electrons. The Labute approximate surface area is 198 Å². The summed E-state index contributed by atoms with van der Waals surface area (Å²) in [5, 5.41) is -0.0169. The number of benzene rings is 2. The number of ether oxygens (including phenoxy) is 2. The molecule has 0 aliphatic heterocycles. The minimum atomic E-state index is -3.25. The second kappa shape index (κ2) is 10.5. The molecule has 0 aliphatic carbocycles. The number of ketones is 1. The second-order valence-electron chi connectivity index (χ2n) is 6.88. The fourth-order valence-corrected chi connectivity index (χ4v) is 4.01. The normalized spacial score (nSPS) is 12.0. The Kier molecular flexibility index (Phi) is 7.74. The van der Waals surface area contributed by atoms with Gasteiger partial charge in [-0.1, -0.05) is 11.3 Å². The molecule has 0 radical (unpaired) electrons. The number of nitrogen functional groups attached to an aromatic ring is 1. The number of amides is 1. The van der Waals surface area contributed by atoms with Crippen molar-refractivity contribution in [3.05, 3.63) is 58.7 Å². The maximum Gasteiger partial charge on any atom is 0.387 e. The standard InChI is InChI=1S/C21H17F5N4O4S/c1-9(18(28)32)30(11-4-7-14(13(22)8-11)34-20(25)26)21-29-17(27)16(35-21)15(31)10-2-5-12(6-3-10)33-19(23)24/h2-9,19-20H,27H2,1H3,(H2,28,32)/t9-/m1/s1. The van der Waals surface area contributed by atoms with Crippen molar-refractivity contribution in [2.45, 2.75) is 26.2 Å². The van der Waals surface area contributed by atoms with E-state index in [9.17, 15) is 31.5 Å². The zero-order valence-electron chi connectivity index (χ0n) is 17.8. The van der Waals surface area contributed by atoms with Crippen LogP contribution in [0.15, 0.2) is 42.5 Å². The molecule has 14 heteroatoms. The van der Waals surface area contributed by atoms with Crippen LogP contribution >= 0.6 is 11.3 Å². The van der Waals surface area contributed by atoms with Crippen LogP contribution in [0.3, 0.4) is 0 Å². The van der Waals surface area contributed by atoms with E-state index in [1.165, 1.54) is 42.2 Å². The van der Waals surface area contributed by atoms with Gasteiger partial charge in [0.05, 0.1) is 0 Å². The summed E-state index contributed by atoms with van der Waals surface area (Å²) in [7, 11) is 0. The summed E-state index contributed by atoms with van der Waals surface area (Å²) in [6.07, 6.45) is 0. The average Bonchev–Trinajstić information content (AvgIpc) is 3.16. The zero-order valence-corrected chi connectivity index (χ0v) is 18.6. The molecule has 1 amide bonds. The topological polar surface area (TPSA) is 121 Å². The Morgan fingerprint density at radius 1 is 1.03 bits per heavy atom. The molecule has 3 aromatic rings. The van der Waals surface area contributed by atoms with Gasteiger partial charge in [-0.25, -0.2) is 9.37 Å². The number of aromatic nitrogens is 1. The molecule has 4 N–H and O–H groups in total. The molecule has 0 aliphatic rings. The number of nitrogens with zero attached hydrogens (tertiary/aromatic N) is 2. The van der Waals surface area contributed by atoms with Crippen molar-refractivity contribution in [2.75, 3.05) is 10.6 Å². The van der Waals surface area contributed by atoms with Gasteiger partial charge in [-0.05, 0) is 43.3 Å². The van der Waals surface area contributed by atoms with Gasteiger partial charge in [0, 0.05) is 17.3 Å². The number of hydrogen-bond acceptors (Lipinski definition) is 8. The van der Waals surface area contributed by atoms with E-state index >= 15 is 0 Å². The number of anilines is 3. The van der Waals surface area contributed by atoms with Crippen LogP contribution in [-0.2, 0) is 4.79 Å². The highest BCUT2D eigenvalue weighted by Gasteiger charge is 2.28. The predicted octanol–water partition coefficient (Wildman–Crippen LogP) is 4.31. The number of nitrogens with two attached hydrogens (primary N) is 2. The molecule has 1 atom stereocenters. The third-order valence-electron chi connectivity index (χ3n) is 4.60. The molecule has 0 spiro atoms. The second-order valence-corrected chi connectivity index (χ2v) is 7.86. The smallest absolute Gasteiger partial charge is 0.387 e. The van der Waals surface area contributed by atoms with E-state index in [0.717, 1.165) is 23.5 Å². The quantitative estimate of drug-likeness (QED) is 0.304. The molecule has 1 aromatic heterocycles. The van der Waals surface area contributed by atoms with E-state index < -0.39 is 42.5 Å². The first-order valence-electron chi connectivity index (χ1n) is 9.66. The van der Waals surface area contributed by atoms with Gasteiger partial charge in [0.2, 0.25) is 11.7 Å². The predicted molar refractivity (Wildman–Crippen MR) is 117 cm³/mol. The Balaban J connectivity index is 1.97. The molecule has 2 aromatic carbocycles. The summed E-state index contributed by atoms with van der Waals surface area (Å²) in [6.45, 7) is -4.90. The summed E-state index contributed by atoms with van der Waals surface area (Å²) < 4.78 is 72.2. The van der Waals surface area contributed by atoms with Crippen LogP contribution in [0.25, 0.3) is 0 Å². The van der Waals surface area contributed by atoms with Crippen molar-refractivity contribution in [1.29, 1.82) is 0 Å². The van der Waals surface area contributed by atoms with Crippen LogP contribution < -0.4 is 25.8 Å². The molecule has 0 unspecified atom stereocenters. The van der Waals surface area contributed by atoms with E-state index in [1.54, 1.807) is 0 Å². The monoisotopic (exact) mass is 516 g/mol. The molecule has 3 rings (SSSR count). The Hall–Kier alpha value is -3.94. The molecule has 0 saturated carbocycles. The SMILES string of the molecule is C[C@H](C(N)=O)N(c1ccc(OC(F)F)c(F)c1)c1nc(N)c(C(=O)c2ccc(OC(F)F)cc2)s1. The van der Waals surface area contributed by atoms with Gasteiger partial charge in [-0.3, -0.25) is 9.59 Å². The minimum absolute atomic E-state index is 0.00309. The Morgan fingerprint density at radius 2 is 1.66 bits per heavy atom. The van der Waals surface area contributed by atoms with Crippen LogP contribution in [0.5, 0.6) is 11.5 Å². The number of hydrogen-bond donors (Lipinski definition) is 2. The van der Waals surface area contributed by atoms with E-state index in [4.69, 9.17) is 11.5 Å². The summed E-state index contributed by atoms with van der Waals surface area (Å²) in [6, 6.07) is 6.69. The molecule has 35 heavy (non-hydrogen) atoms. The van der Waals surface area contributed by atoms with Gasteiger partial charge in [-0.15, -0.1) is 0 Å². The fraction of sp³-hybridized carbons (Fsp3) is 0.190. The van der Waals surface area contributed by atoms with Crippen LogP contribution in [0.2, 0.25) is 0 Å². The van der Waals surface area contributed by atoms with Crippen LogP contribution in [0.1, 0.15) is 22.2 Å². The Bertz CT molecular complexity index is 1220. The van der Waals surface area contributed by atoms with Gasteiger partial charge in [0.15, 0.2) is 16.7 Å². The summed E-state index contributed by atoms with van der Waals surface area (Å²) in [5.74, 6) is -3.68. The van der Waals surface area contributed by atoms with Crippen LogP contribution in [0.4, 0.5) is 38.6 Å². The van der Waals surface area contributed by atoms with Crippen LogP contribution in [-0.4, -0.2) is 35.9 Å².